The second-order valence-corrected chi connectivity index (χ2v) is 7.25. The number of unbranched alkanes of at least 4 members (excludes halogenated alkanes) is 5. The zero-order valence-corrected chi connectivity index (χ0v) is 12.1. The summed E-state index contributed by atoms with van der Waals surface area (Å²) in [6.07, 6.45) is 9.18. The van der Waals surface area contributed by atoms with Crippen LogP contribution in [0.1, 0.15) is 44.1 Å². The molecule has 0 amide bonds. The van der Waals surface area contributed by atoms with Crippen molar-refractivity contribution in [2.24, 2.45) is 0 Å². The van der Waals surface area contributed by atoms with Gasteiger partial charge >= 0.3 is 0 Å². The number of aryl methyl sites for hydroxylation is 1. The molecule has 1 aromatic rings. The van der Waals surface area contributed by atoms with Crippen molar-refractivity contribution in [3.63, 3.8) is 0 Å². The molecule has 3 heteroatoms. The number of rotatable bonds is 9. The van der Waals surface area contributed by atoms with Gasteiger partial charge in [0.2, 0.25) is 0 Å². The SMILES string of the molecule is CS(=O)(=O)CCCCCCCCc1ccccc1. The lowest BCUT2D eigenvalue weighted by Crippen LogP contribution is -2.02. The van der Waals surface area contributed by atoms with Crippen LogP contribution in [-0.4, -0.2) is 20.4 Å². The summed E-state index contributed by atoms with van der Waals surface area (Å²) in [5.41, 5.74) is 1.41. The fourth-order valence-corrected chi connectivity index (χ4v) is 2.77. The Balaban J connectivity index is 1.93. The molecule has 0 spiro atoms. The Kier molecular flexibility index (Phi) is 7.02. The number of hydrogen-bond acceptors (Lipinski definition) is 2. The van der Waals surface area contributed by atoms with E-state index in [2.05, 4.69) is 24.3 Å². The van der Waals surface area contributed by atoms with E-state index in [9.17, 15) is 8.42 Å². The third-order valence-corrected chi connectivity index (χ3v) is 4.10. The lowest BCUT2D eigenvalue weighted by Gasteiger charge is -2.02. The molecule has 102 valence electrons. The van der Waals surface area contributed by atoms with E-state index < -0.39 is 9.84 Å². The van der Waals surface area contributed by atoms with Crippen LogP contribution in [0.5, 0.6) is 0 Å². The van der Waals surface area contributed by atoms with Gasteiger partial charge in [-0.1, -0.05) is 56.0 Å². The Morgan fingerprint density at radius 2 is 1.39 bits per heavy atom. The largest absolute Gasteiger partial charge is 0.229 e. The Hall–Kier alpha value is -0.830. The van der Waals surface area contributed by atoms with E-state index in [1.807, 2.05) is 6.07 Å². The van der Waals surface area contributed by atoms with Crippen molar-refractivity contribution < 1.29 is 8.42 Å². The maximum Gasteiger partial charge on any atom is 0.147 e. The minimum atomic E-state index is -2.76. The first kappa shape index (κ1) is 15.2. The summed E-state index contributed by atoms with van der Waals surface area (Å²) < 4.78 is 21.8. The molecular formula is C15H24O2S. The van der Waals surface area contributed by atoms with Gasteiger partial charge in [0.15, 0.2) is 0 Å². The van der Waals surface area contributed by atoms with Gasteiger partial charge in [0, 0.05) is 12.0 Å². The first-order valence-electron chi connectivity index (χ1n) is 6.79. The summed E-state index contributed by atoms with van der Waals surface area (Å²) in [6.45, 7) is 0. The van der Waals surface area contributed by atoms with Crippen LogP contribution in [0.3, 0.4) is 0 Å². The van der Waals surface area contributed by atoms with Crippen molar-refractivity contribution in [3.8, 4) is 0 Å². The monoisotopic (exact) mass is 268 g/mol. The minimum absolute atomic E-state index is 0.344. The molecule has 1 aromatic carbocycles. The van der Waals surface area contributed by atoms with E-state index in [4.69, 9.17) is 0 Å². The van der Waals surface area contributed by atoms with E-state index in [1.165, 1.54) is 31.1 Å². The predicted octanol–water partition coefficient (Wildman–Crippen LogP) is 3.61. The normalized spacial score (nSPS) is 11.6. The average Bonchev–Trinajstić information content (AvgIpc) is 2.32. The molecule has 2 nitrogen and oxygen atoms in total. The van der Waals surface area contributed by atoms with Gasteiger partial charge in [0.1, 0.15) is 9.84 Å². The average molecular weight is 268 g/mol. The van der Waals surface area contributed by atoms with Crippen LogP contribution < -0.4 is 0 Å². The van der Waals surface area contributed by atoms with Crippen molar-refractivity contribution in [1.82, 2.24) is 0 Å². The van der Waals surface area contributed by atoms with Crippen molar-refractivity contribution in [3.05, 3.63) is 35.9 Å². The maximum atomic E-state index is 10.9. The van der Waals surface area contributed by atoms with Gasteiger partial charge in [0.05, 0.1) is 0 Å². The standard InChI is InChI=1S/C15H24O2S/c1-18(16,17)14-10-5-3-2-4-7-11-15-12-8-6-9-13-15/h6,8-9,12-13H,2-5,7,10-11,14H2,1H3. The Morgan fingerprint density at radius 3 is 2.00 bits per heavy atom. The second-order valence-electron chi connectivity index (χ2n) is 4.99. The number of hydrogen-bond donors (Lipinski definition) is 0. The predicted molar refractivity (Wildman–Crippen MR) is 77.6 cm³/mol. The van der Waals surface area contributed by atoms with E-state index >= 15 is 0 Å². The first-order chi connectivity index (χ1) is 8.58. The zero-order valence-electron chi connectivity index (χ0n) is 11.3. The molecule has 0 bridgehead atoms. The van der Waals surface area contributed by atoms with Crippen LogP contribution in [0.2, 0.25) is 0 Å². The summed E-state index contributed by atoms with van der Waals surface area (Å²) in [6, 6.07) is 10.6. The second kappa shape index (κ2) is 8.30. The number of sulfone groups is 1. The molecule has 0 heterocycles. The molecule has 0 aliphatic heterocycles. The Morgan fingerprint density at radius 1 is 0.833 bits per heavy atom. The van der Waals surface area contributed by atoms with Crippen LogP contribution in [0.15, 0.2) is 30.3 Å². The van der Waals surface area contributed by atoms with Crippen LogP contribution in [0.4, 0.5) is 0 Å². The molecule has 0 saturated heterocycles. The third kappa shape index (κ3) is 8.29. The van der Waals surface area contributed by atoms with Crippen molar-refractivity contribution >= 4 is 9.84 Å². The third-order valence-electron chi connectivity index (χ3n) is 3.07. The molecule has 0 aromatic heterocycles. The van der Waals surface area contributed by atoms with E-state index in [0.29, 0.717) is 5.75 Å². The van der Waals surface area contributed by atoms with Crippen LogP contribution in [-0.2, 0) is 16.3 Å². The topological polar surface area (TPSA) is 34.1 Å². The molecule has 0 radical (unpaired) electrons. The molecule has 0 fully saturated rings. The van der Waals surface area contributed by atoms with Gasteiger partial charge in [-0.25, -0.2) is 8.42 Å². The Labute approximate surface area is 111 Å². The Bertz CT molecular complexity index is 409. The highest BCUT2D eigenvalue weighted by molar-refractivity contribution is 7.90. The maximum absolute atomic E-state index is 10.9. The highest BCUT2D eigenvalue weighted by Gasteiger charge is 2.00. The summed E-state index contributed by atoms with van der Waals surface area (Å²) in [7, 11) is -2.76. The van der Waals surface area contributed by atoms with Crippen molar-refractivity contribution in [2.75, 3.05) is 12.0 Å². The first-order valence-corrected chi connectivity index (χ1v) is 8.86. The van der Waals surface area contributed by atoms with Crippen molar-refractivity contribution in [2.45, 2.75) is 44.9 Å². The van der Waals surface area contributed by atoms with Gasteiger partial charge in [-0.15, -0.1) is 0 Å². The highest BCUT2D eigenvalue weighted by atomic mass is 32.2. The zero-order chi connectivity index (χ0) is 13.3. The minimum Gasteiger partial charge on any atom is -0.229 e. The summed E-state index contributed by atoms with van der Waals surface area (Å²) in [5.74, 6) is 0.344. The molecule has 0 aliphatic rings. The quantitative estimate of drug-likeness (QED) is 0.641. The molecule has 0 atom stereocenters. The van der Waals surface area contributed by atoms with Gasteiger partial charge in [-0.05, 0) is 24.8 Å². The van der Waals surface area contributed by atoms with Gasteiger partial charge in [0.25, 0.3) is 0 Å². The van der Waals surface area contributed by atoms with Gasteiger partial charge in [-0.2, -0.15) is 0 Å². The fourth-order valence-electron chi connectivity index (χ4n) is 2.05. The molecule has 18 heavy (non-hydrogen) atoms. The van der Waals surface area contributed by atoms with E-state index in [1.54, 1.807) is 0 Å². The van der Waals surface area contributed by atoms with Gasteiger partial charge in [-0.3, -0.25) is 0 Å². The highest BCUT2D eigenvalue weighted by Crippen LogP contribution is 2.10. The summed E-state index contributed by atoms with van der Waals surface area (Å²) >= 11 is 0. The van der Waals surface area contributed by atoms with Gasteiger partial charge < -0.3 is 0 Å². The lowest BCUT2D eigenvalue weighted by molar-refractivity contribution is 0.584. The summed E-state index contributed by atoms with van der Waals surface area (Å²) in [4.78, 5) is 0. The molecule has 1 rings (SSSR count). The van der Waals surface area contributed by atoms with E-state index in [-0.39, 0.29) is 0 Å². The fraction of sp³-hybridized carbons (Fsp3) is 0.600. The van der Waals surface area contributed by atoms with Crippen molar-refractivity contribution in [1.29, 1.82) is 0 Å². The molecule has 0 unspecified atom stereocenters. The van der Waals surface area contributed by atoms with E-state index in [0.717, 1.165) is 25.7 Å². The summed E-state index contributed by atoms with van der Waals surface area (Å²) in [5, 5.41) is 0. The molecular weight excluding hydrogens is 244 g/mol. The lowest BCUT2D eigenvalue weighted by atomic mass is 10.1. The van der Waals surface area contributed by atoms with Crippen LogP contribution >= 0.6 is 0 Å². The number of benzene rings is 1. The molecule has 0 saturated carbocycles. The smallest absolute Gasteiger partial charge is 0.147 e. The van der Waals surface area contributed by atoms with Crippen LogP contribution in [0, 0.1) is 0 Å². The molecule has 0 N–H and O–H groups in total. The molecule has 0 aliphatic carbocycles. The van der Waals surface area contributed by atoms with Crippen LogP contribution in [0.25, 0.3) is 0 Å².